The predicted molar refractivity (Wildman–Crippen MR) is 76.8 cm³/mol. The Labute approximate surface area is 122 Å². The molecule has 0 saturated heterocycles. The lowest BCUT2D eigenvalue weighted by Gasteiger charge is -2.19. The van der Waals surface area contributed by atoms with Gasteiger partial charge in [0.2, 0.25) is 0 Å². The van der Waals surface area contributed by atoms with E-state index in [2.05, 4.69) is 10.4 Å². The van der Waals surface area contributed by atoms with E-state index in [0.717, 1.165) is 11.1 Å². The smallest absolute Gasteiger partial charge is 0.305 e. The van der Waals surface area contributed by atoms with E-state index in [-0.39, 0.29) is 12.3 Å². The van der Waals surface area contributed by atoms with E-state index in [1.807, 2.05) is 31.2 Å². The molecule has 0 aliphatic heterocycles. The number of carbonyl (C=O) groups excluding carboxylic acids is 1. The molecule has 21 heavy (non-hydrogen) atoms. The highest BCUT2D eigenvalue weighted by Crippen LogP contribution is 2.21. The number of benzene rings is 1. The standard InChI is InChI=1S/C15H17N3O3/c1-10-5-3-4-6-11(10)12(9-14(19)20)17-15(21)13-7-8-16-18(13)2/h3-8,12H,9H2,1-2H3,(H,17,21)(H,19,20). The Morgan fingerprint density at radius 2 is 2.05 bits per heavy atom. The quantitative estimate of drug-likeness (QED) is 0.876. The molecule has 1 unspecified atom stereocenters. The first-order chi connectivity index (χ1) is 9.99. The predicted octanol–water partition coefficient (Wildman–Crippen LogP) is 1.67. The molecule has 2 N–H and O–H groups in total. The van der Waals surface area contributed by atoms with Gasteiger partial charge in [-0.2, -0.15) is 5.10 Å². The van der Waals surface area contributed by atoms with Gasteiger partial charge in [-0.1, -0.05) is 24.3 Å². The van der Waals surface area contributed by atoms with Crippen molar-refractivity contribution in [1.82, 2.24) is 15.1 Å². The van der Waals surface area contributed by atoms with Crippen LogP contribution >= 0.6 is 0 Å². The van der Waals surface area contributed by atoms with E-state index in [0.29, 0.717) is 5.69 Å². The van der Waals surface area contributed by atoms with Crippen LogP contribution in [-0.2, 0) is 11.8 Å². The molecular formula is C15H17N3O3. The van der Waals surface area contributed by atoms with Gasteiger partial charge in [-0.15, -0.1) is 0 Å². The second-order valence-electron chi connectivity index (χ2n) is 4.82. The summed E-state index contributed by atoms with van der Waals surface area (Å²) in [7, 11) is 1.66. The zero-order valence-electron chi connectivity index (χ0n) is 11.9. The molecule has 1 heterocycles. The molecule has 0 bridgehead atoms. The summed E-state index contributed by atoms with van der Waals surface area (Å²) in [4.78, 5) is 23.3. The maximum absolute atomic E-state index is 12.2. The minimum absolute atomic E-state index is 0.172. The molecule has 1 aromatic heterocycles. The average Bonchev–Trinajstić information content (AvgIpc) is 2.84. The van der Waals surface area contributed by atoms with Crippen molar-refractivity contribution in [3.05, 3.63) is 53.3 Å². The molecule has 0 fully saturated rings. The lowest BCUT2D eigenvalue weighted by molar-refractivity contribution is -0.137. The summed E-state index contributed by atoms with van der Waals surface area (Å²) in [6.45, 7) is 1.89. The Kier molecular flexibility index (Phi) is 4.37. The minimum atomic E-state index is -0.964. The van der Waals surface area contributed by atoms with Crippen LogP contribution in [0.2, 0.25) is 0 Å². The van der Waals surface area contributed by atoms with E-state index in [1.54, 1.807) is 13.1 Å². The highest BCUT2D eigenvalue weighted by molar-refractivity contribution is 5.93. The van der Waals surface area contributed by atoms with Crippen molar-refractivity contribution >= 4 is 11.9 Å². The number of aryl methyl sites for hydroxylation is 2. The zero-order chi connectivity index (χ0) is 15.4. The molecule has 0 aliphatic rings. The van der Waals surface area contributed by atoms with Crippen LogP contribution in [0.4, 0.5) is 0 Å². The molecule has 6 nitrogen and oxygen atoms in total. The molecule has 0 saturated carbocycles. The van der Waals surface area contributed by atoms with Gasteiger partial charge < -0.3 is 10.4 Å². The number of nitrogens with one attached hydrogen (secondary N) is 1. The number of aromatic nitrogens is 2. The lowest BCUT2D eigenvalue weighted by Crippen LogP contribution is -2.31. The molecule has 0 radical (unpaired) electrons. The highest BCUT2D eigenvalue weighted by Gasteiger charge is 2.21. The molecule has 1 atom stereocenters. The van der Waals surface area contributed by atoms with E-state index in [4.69, 9.17) is 5.11 Å². The highest BCUT2D eigenvalue weighted by atomic mass is 16.4. The van der Waals surface area contributed by atoms with E-state index >= 15 is 0 Å². The Bertz CT molecular complexity index is 664. The lowest BCUT2D eigenvalue weighted by atomic mass is 9.98. The number of aliphatic carboxylic acids is 1. The number of carboxylic acids is 1. The third-order valence-corrected chi connectivity index (χ3v) is 3.30. The van der Waals surface area contributed by atoms with Crippen LogP contribution in [0.25, 0.3) is 0 Å². The third-order valence-electron chi connectivity index (χ3n) is 3.30. The molecule has 110 valence electrons. The van der Waals surface area contributed by atoms with Crippen molar-refractivity contribution in [3.63, 3.8) is 0 Å². The molecule has 0 spiro atoms. The molecule has 2 rings (SSSR count). The van der Waals surface area contributed by atoms with Crippen LogP contribution in [0.15, 0.2) is 36.5 Å². The van der Waals surface area contributed by atoms with Crippen molar-refractivity contribution in [2.24, 2.45) is 7.05 Å². The van der Waals surface area contributed by atoms with Gasteiger partial charge in [-0.05, 0) is 24.1 Å². The van der Waals surface area contributed by atoms with Gasteiger partial charge in [0, 0.05) is 13.2 Å². The summed E-state index contributed by atoms with van der Waals surface area (Å²) in [5, 5.41) is 15.8. The number of carboxylic acid groups (broad SMARTS) is 1. The van der Waals surface area contributed by atoms with Crippen LogP contribution in [0.3, 0.4) is 0 Å². The van der Waals surface area contributed by atoms with Crippen LogP contribution in [0.1, 0.15) is 34.1 Å². The first kappa shape index (κ1) is 14.8. The Morgan fingerprint density at radius 3 is 2.62 bits per heavy atom. The first-order valence-electron chi connectivity index (χ1n) is 6.55. The SMILES string of the molecule is Cc1ccccc1C(CC(=O)O)NC(=O)c1ccnn1C. The fourth-order valence-electron chi connectivity index (χ4n) is 2.22. The number of carbonyl (C=O) groups is 2. The van der Waals surface area contributed by atoms with Crippen molar-refractivity contribution in [3.8, 4) is 0 Å². The van der Waals surface area contributed by atoms with Crippen molar-refractivity contribution in [2.45, 2.75) is 19.4 Å². The van der Waals surface area contributed by atoms with Crippen LogP contribution in [0, 0.1) is 6.92 Å². The Hall–Kier alpha value is -2.63. The van der Waals surface area contributed by atoms with Gasteiger partial charge in [0.05, 0.1) is 12.5 Å². The van der Waals surface area contributed by atoms with Gasteiger partial charge in [-0.25, -0.2) is 0 Å². The van der Waals surface area contributed by atoms with Gasteiger partial charge in [0.1, 0.15) is 5.69 Å². The van der Waals surface area contributed by atoms with Gasteiger partial charge in [0.15, 0.2) is 0 Å². The molecule has 1 amide bonds. The van der Waals surface area contributed by atoms with Gasteiger partial charge in [-0.3, -0.25) is 14.3 Å². The van der Waals surface area contributed by atoms with E-state index in [1.165, 1.54) is 10.9 Å². The fraction of sp³-hybridized carbons (Fsp3) is 0.267. The maximum Gasteiger partial charge on any atom is 0.305 e. The van der Waals surface area contributed by atoms with Crippen LogP contribution in [0.5, 0.6) is 0 Å². The number of rotatable bonds is 5. The third kappa shape index (κ3) is 3.47. The number of amides is 1. The molecule has 2 aromatic rings. The van der Waals surface area contributed by atoms with Crippen molar-refractivity contribution in [2.75, 3.05) is 0 Å². The molecular weight excluding hydrogens is 270 g/mol. The summed E-state index contributed by atoms with van der Waals surface area (Å²) in [6, 6.07) is 8.43. The Morgan fingerprint density at radius 1 is 1.33 bits per heavy atom. The van der Waals surface area contributed by atoms with E-state index in [9.17, 15) is 9.59 Å². The zero-order valence-corrected chi connectivity index (χ0v) is 11.9. The largest absolute Gasteiger partial charge is 0.481 e. The van der Waals surface area contributed by atoms with Crippen molar-refractivity contribution < 1.29 is 14.7 Å². The second-order valence-corrected chi connectivity index (χ2v) is 4.82. The van der Waals surface area contributed by atoms with Gasteiger partial charge >= 0.3 is 5.97 Å². The number of nitrogens with zero attached hydrogens (tertiary/aromatic N) is 2. The maximum atomic E-state index is 12.2. The summed E-state index contributed by atoms with van der Waals surface area (Å²) < 4.78 is 1.45. The summed E-state index contributed by atoms with van der Waals surface area (Å²) in [5.41, 5.74) is 2.13. The van der Waals surface area contributed by atoms with E-state index < -0.39 is 12.0 Å². The normalized spacial score (nSPS) is 11.9. The average molecular weight is 287 g/mol. The summed E-state index contributed by atoms with van der Waals surface area (Å²) >= 11 is 0. The molecule has 1 aromatic carbocycles. The summed E-state index contributed by atoms with van der Waals surface area (Å²) in [6.07, 6.45) is 1.35. The minimum Gasteiger partial charge on any atom is -0.481 e. The van der Waals surface area contributed by atoms with Crippen molar-refractivity contribution in [1.29, 1.82) is 0 Å². The molecule has 0 aliphatic carbocycles. The van der Waals surface area contributed by atoms with Crippen LogP contribution in [-0.4, -0.2) is 26.8 Å². The Balaban J connectivity index is 2.25. The fourth-order valence-corrected chi connectivity index (χ4v) is 2.22. The monoisotopic (exact) mass is 287 g/mol. The second kappa shape index (κ2) is 6.21. The molecule has 6 heteroatoms. The topological polar surface area (TPSA) is 84.2 Å². The van der Waals surface area contributed by atoms with Crippen LogP contribution < -0.4 is 5.32 Å². The number of hydrogen-bond donors (Lipinski definition) is 2. The number of hydrogen-bond acceptors (Lipinski definition) is 3. The summed E-state index contributed by atoms with van der Waals surface area (Å²) in [5.74, 6) is -1.31. The first-order valence-corrected chi connectivity index (χ1v) is 6.55. The van der Waals surface area contributed by atoms with Gasteiger partial charge in [0.25, 0.3) is 5.91 Å².